The molecular weight excluding hydrogens is 501 g/mol. The minimum atomic E-state index is -0.458. The van der Waals surface area contributed by atoms with Gasteiger partial charge in [-0.3, -0.25) is 9.20 Å². The SMILES string of the molecule is CCOC(=O)c1c(-c2ccccc2)csc1NC(=O)CSc1nnc2scc(-c3ccccc3)n12. The number of fused-ring (bicyclic) bond motifs is 1. The van der Waals surface area contributed by atoms with Crippen molar-refractivity contribution in [3.05, 3.63) is 77.0 Å². The summed E-state index contributed by atoms with van der Waals surface area (Å²) in [4.78, 5) is 26.4. The Kier molecular flexibility index (Phi) is 6.94. The molecular formula is C25H20N4O3S3. The number of nitrogens with zero attached hydrogens (tertiary/aromatic N) is 3. The van der Waals surface area contributed by atoms with Gasteiger partial charge >= 0.3 is 5.97 Å². The molecule has 5 rings (SSSR count). The molecule has 3 heterocycles. The monoisotopic (exact) mass is 520 g/mol. The van der Waals surface area contributed by atoms with Gasteiger partial charge in [-0.05, 0) is 18.1 Å². The Bertz CT molecular complexity index is 1480. The Balaban J connectivity index is 1.35. The van der Waals surface area contributed by atoms with Crippen LogP contribution in [0.2, 0.25) is 0 Å². The second-order valence-electron chi connectivity index (χ2n) is 7.36. The van der Waals surface area contributed by atoms with Crippen LogP contribution in [0.4, 0.5) is 5.00 Å². The van der Waals surface area contributed by atoms with Gasteiger partial charge in [-0.1, -0.05) is 72.4 Å². The van der Waals surface area contributed by atoms with Crippen LogP contribution in [0, 0.1) is 0 Å². The molecule has 0 saturated heterocycles. The van der Waals surface area contributed by atoms with Gasteiger partial charge in [0.25, 0.3) is 0 Å². The number of amides is 1. The van der Waals surface area contributed by atoms with Gasteiger partial charge in [0.05, 0.1) is 18.1 Å². The number of hydrogen-bond donors (Lipinski definition) is 1. The molecule has 0 fully saturated rings. The number of carbonyl (C=O) groups excluding carboxylic acids is 2. The highest BCUT2D eigenvalue weighted by molar-refractivity contribution is 7.99. The van der Waals surface area contributed by atoms with Gasteiger partial charge < -0.3 is 10.1 Å². The average molecular weight is 521 g/mol. The smallest absolute Gasteiger partial charge is 0.341 e. The standard InChI is InChI=1S/C25H20N4O3S3/c1-2-32-23(31)21-18(16-9-5-3-6-10-16)13-33-22(21)26-20(30)15-35-25-28-27-24-29(25)19(14-34-24)17-11-7-4-8-12-17/h3-14H,2,15H2,1H3,(H,26,30). The molecule has 0 spiro atoms. The lowest BCUT2D eigenvalue weighted by Crippen LogP contribution is -2.16. The number of thioether (sulfide) groups is 1. The van der Waals surface area contributed by atoms with Crippen molar-refractivity contribution in [1.82, 2.24) is 14.6 Å². The summed E-state index contributed by atoms with van der Waals surface area (Å²) in [6.45, 7) is 2.01. The highest BCUT2D eigenvalue weighted by atomic mass is 32.2. The van der Waals surface area contributed by atoms with Gasteiger partial charge in [-0.25, -0.2) is 4.79 Å². The molecule has 5 aromatic rings. The normalized spacial score (nSPS) is 11.0. The van der Waals surface area contributed by atoms with Crippen molar-refractivity contribution >= 4 is 56.3 Å². The summed E-state index contributed by atoms with van der Waals surface area (Å²) in [5.74, 6) is -0.582. The fourth-order valence-corrected chi connectivity index (χ4v) is 6.19. The molecule has 3 aromatic heterocycles. The maximum absolute atomic E-state index is 12.9. The quantitative estimate of drug-likeness (QED) is 0.197. The first-order chi connectivity index (χ1) is 17.2. The van der Waals surface area contributed by atoms with Crippen molar-refractivity contribution in [1.29, 1.82) is 0 Å². The van der Waals surface area contributed by atoms with Crippen molar-refractivity contribution in [2.45, 2.75) is 12.1 Å². The van der Waals surface area contributed by atoms with Gasteiger partial charge in [0.15, 0.2) is 5.16 Å². The number of ether oxygens (including phenoxy) is 1. The van der Waals surface area contributed by atoms with E-state index in [4.69, 9.17) is 4.74 Å². The molecule has 0 aliphatic carbocycles. The molecule has 2 aromatic carbocycles. The summed E-state index contributed by atoms with van der Waals surface area (Å²) >= 11 is 4.11. The van der Waals surface area contributed by atoms with Crippen LogP contribution in [-0.2, 0) is 9.53 Å². The van der Waals surface area contributed by atoms with Gasteiger partial charge in [-0.15, -0.1) is 32.9 Å². The van der Waals surface area contributed by atoms with Crippen molar-refractivity contribution < 1.29 is 14.3 Å². The summed E-state index contributed by atoms with van der Waals surface area (Å²) in [7, 11) is 0. The number of esters is 1. The highest BCUT2D eigenvalue weighted by Gasteiger charge is 2.23. The first-order valence-corrected chi connectivity index (χ1v) is 13.5. The molecule has 0 aliphatic heterocycles. The van der Waals surface area contributed by atoms with E-state index >= 15 is 0 Å². The maximum Gasteiger partial charge on any atom is 0.341 e. The largest absolute Gasteiger partial charge is 0.462 e. The molecule has 0 aliphatic rings. The van der Waals surface area contributed by atoms with E-state index in [1.165, 1.54) is 34.4 Å². The zero-order valence-electron chi connectivity index (χ0n) is 18.6. The lowest BCUT2D eigenvalue weighted by atomic mass is 10.0. The van der Waals surface area contributed by atoms with Gasteiger partial charge in [0, 0.05) is 16.3 Å². The summed E-state index contributed by atoms with van der Waals surface area (Å²) < 4.78 is 7.23. The number of anilines is 1. The number of nitrogens with one attached hydrogen (secondary N) is 1. The molecule has 0 radical (unpaired) electrons. The third-order valence-corrected chi connectivity index (χ3v) is 7.77. The van der Waals surface area contributed by atoms with Crippen LogP contribution >= 0.6 is 34.4 Å². The molecule has 176 valence electrons. The second-order valence-corrected chi connectivity index (χ2v) is 10.0. The molecule has 7 nitrogen and oxygen atoms in total. The number of rotatable bonds is 8. The van der Waals surface area contributed by atoms with E-state index in [0.717, 1.165) is 27.3 Å². The average Bonchev–Trinajstić information content (AvgIpc) is 3.60. The van der Waals surface area contributed by atoms with E-state index in [9.17, 15) is 9.59 Å². The predicted octanol–water partition coefficient (Wildman–Crippen LogP) is 6.09. The minimum Gasteiger partial charge on any atom is -0.462 e. The van der Waals surface area contributed by atoms with Crippen LogP contribution in [0.25, 0.3) is 27.3 Å². The van der Waals surface area contributed by atoms with Crippen molar-refractivity contribution in [3.8, 4) is 22.4 Å². The topological polar surface area (TPSA) is 85.6 Å². The second kappa shape index (κ2) is 10.4. The van der Waals surface area contributed by atoms with Crippen LogP contribution < -0.4 is 5.32 Å². The minimum absolute atomic E-state index is 0.117. The summed E-state index contributed by atoms with van der Waals surface area (Å²) in [5, 5.41) is 16.4. The van der Waals surface area contributed by atoms with E-state index in [0.29, 0.717) is 15.7 Å². The number of benzene rings is 2. The van der Waals surface area contributed by atoms with Gasteiger partial charge in [-0.2, -0.15) is 0 Å². The number of hydrogen-bond acceptors (Lipinski definition) is 8. The first kappa shape index (κ1) is 23.3. The number of thiazole rings is 1. The molecule has 0 atom stereocenters. The molecule has 1 N–H and O–H groups in total. The van der Waals surface area contributed by atoms with Crippen LogP contribution in [0.3, 0.4) is 0 Å². The zero-order chi connectivity index (χ0) is 24.2. The Morgan fingerprint density at radius 1 is 0.971 bits per heavy atom. The van der Waals surface area contributed by atoms with Crippen LogP contribution in [-0.4, -0.2) is 38.8 Å². The van der Waals surface area contributed by atoms with E-state index in [1.54, 1.807) is 6.92 Å². The summed E-state index contributed by atoms with van der Waals surface area (Å²) in [5.41, 5.74) is 4.03. The zero-order valence-corrected chi connectivity index (χ0v) is 21.1. The van der Waals surface area contributed by atoms with E-state index in [2.05, 4.69) is 15.5 Å². The molecule has 1 amide bonds. The van der Waals surface area contributed by atoms with Crippen molar-refractivity contribution in [2.75, 3.05) is 17.7 Å². The number of thiophene rings is 1. The van der Waals surface area contributed by atoms with Gasteiger partial charge in [0.2, 0.25) is 10.9 Å². The fraction of sp³-hybridized carbons (Fsp3) is 0.120. The van der Waals surface area contributed by atoms with E-state index in [-0.39, 0.29) is 18.3 Å². The molecule has 0 bridgehead atoms. The van der Waals surface area contributed by atoms with E-state index < -0.39 is 5.97 Å². The van der Waals surface area contributed by atoms with Crippen LogP contribution in [0.5, 0.6) is 0 Å². The molecule has 35 heavy (non-hydrogen) atoms. The van der Waals surface area contributed by atoms with Crippen LogP contribution in [0.1, 0.15) is 17.3 Å². The van der Waals surface area contributed by atoms with Crippen LogP contribution in [0.15, 0.2) is 76.6 Å². The van der Waals surface area contributed by atoms with E-state index in [1.807, 2.05) is 75.8 Å². The Hall–Kier alpha value is -3.47. The lowest BCUT2D eigenvalue weighted by Gasteiger charge is -2.09. The Labute approximate surface area is 213 Å². The highest BCUT2D eigenvalue weighted by Crippen LogP contribution is 2.36. The Morgan fingerprint density at radius 3 is 2.40 bits per heavy atom. The Morgan fingerprint density at radius 2 is 1.69 bits per heavy atom. The molecule has 10 heteroatoms. The first-order valence-electron chi connectivity index (χ1n) is 10.8. The van der Waals surface area contributed by atoms with Gasteiger partial charge in [0.1, 0.15) is 10.6 Å². The number of carbonyl (C=O) groups is 2. The molecule has 0 unspecified atom stereocenters. The predicted molar refractivity (Wildman–Crippen MR) is 141 cm³/mol. The summed E-state index contributed by atoms with van der Waals surface area (Å²) in [6.07, 6.45) is 0. The number of aromatic nitrogens is 3. The third-order valence-electron chi connectivity index (χ3n) is 5.13. The maximum atomic E-state index is 12.9. The van der Waals surface area contributed by atoms with Crippen molar-refractivity contribution in [2.24, 2.45) is 0 Å². The molecule has 0 saturated carbocycles. The fourth-order valence-electron chi connectivity index (χ4n) is 3.58. The lowest BCUT2D eigenvalue weighted by molar-refractivity contribution is -0.113. The van der Waals surface area contributed by atoms with Crippen molar-refractivity contribution in [3.63, 3.8) is 0 Å². The third kappa shape index (κ3) is 4.86. The summed E-state index contributed by atoms with van der Waals surface area (Å²) in [6, 6.07) is 19.6.